The highest BCUT2D eigenvalue weighted by Crippen LogP contribution is 2.20. The zero-order chi connectivity index (χ0) is 17.2. The first-order chi connectivity index (χ1) is 10.7. The highest BCUT2D eigenvalue weighted by molar-refractivity contribution is 7.84. The maximum Gasteiger partial charge on any atom is 0.128 e. The minimum Gasteiger partial charge on any atom is -0.354 e. The lowest BCUT2D eigenvalue weighted by Crippen LogP contribution is -2.54. The van der Waals surface area contributed by atoms with Crippen LogP contribution in [-0.2, 0) is 11.0 Å². The number of nitrogens with zero attached hydrogens (tertiary/aromatic N) is 2. The second-order valence-corrected chi connectivity index (χ2v) is 9.51. The van der Waals surface area contributed by atoms with Crippen LogP contribution in [0.15, 0.2) is 18.2 Å². The van der Waals surface area contributed by atoms with Gasteiger partial charge in [0.2, 0.25) is 0 Å². The number of piperazine rings is 1. The number of hydrogen-bond donors (Lipinski definition) is 2. The molecule has 0 radical (unpaired) electrons. The van der Waals surface area contributed by atoms with E-state index < -0.39 is 11.0 Å². The van der Waals surface area contributed by atoms with Crippen LogP contribution in [0.1, 0.15) is 53.3 Å². The van der Waals surface area contributed by atoms with Gasteiger partial charge in [-0.25, -0.2) is 13.9 Å². The monoisotopic (exact) mass is 338 g/mol. The van der Waals surface area contributed by atoms with E-state index in [1.807, 2.05) is 39.8 Å². The molecule has 0 spiro atoms. The minimum absolute atomic E-state index is 0.0484. The van der Waals surface area contributed by atoms with Gasteiger partial charge in [0, 0.05) is 25.2 Å². The minimum atomic E-state index is -1.10. The van der Waals surface area contributed by atoms with E-state index in [2.05, 4.69) is 34.9 Å². The molecule has 1 aliphatic heterocycles. The molecule has 0 aromatic carbocycles. The number of rotatable bonds is 4. The van der Waals surface area contributed by atoms with Gasteiger partial charge in [0.05, 0.1) is 27.5 Å². The Morgan fingerprint density at radius 2 is 1.91 bits per heavy atom. The third-order valence-corrected chi connectivity index (χ3v) is 5.60. The third-order valence-electron chi connectivity index (χ3n) is 3.92. The van der Waals surface area contributed by atoms with Gasteiger partial charge in [0.25, 0.3) is 0 Å². The second-order valence-electron chi connectivity index (χ2n) is 7.52. The van der Waals surface area contributed by atoms with Gasteiger partial charge in [-0.3, -0.25) is 0 Å². The van der Waals surface area contributed by atoms with Gasteiger partial charge < -0.3 is 10.2 Å². The molecule has 0 saturated carbocycles. The fraction of sp³-hybridized carbons (Fsp3) is 0.706. The molecule has 2 heterocycles. The summed E-state index contributed by atoms with van der Waals surface area (Å²) < 4.78 is 15.2. The lowest BCUT2D eigenvalue weighted by molar-refractivity contribution is 0.405. The Balaban J connectivity index is 2.11. The molecule has 1 saturated heterocycles. The first kappa shape index (κ1) is 18.4. The number of aromatic nitrogens is 1. The molecule has 0 amide bonds. The first-order valence-corrected chi connectivity index (χ1v) is 9.48. The molecule has 1 unspecified atom stereocenters. The van der Waals surface area contributed by atoms with Crippen LogP contribution in [0.4, 0.5) is 5.82 Å². The van der Waals surface area contributed by atoms with Crippen molar-refractivity contribution < 1.29 is 4.21 Å². The van der Waals surface area contributed by atoms with Gasteiger partial charge in [-0.15, -0.1) is 0 Å². The fourth-order valence-corrected chi connectivity index (χ4v) is 3.56. The highest BCUT2D eigenvalue weighted by Gasteiger charge is 2.24. The van der Waals surface area contributed by atoms with Crippen molar-refractivity contribution in [2.24, 2.45) is 0 Å². The van der Waals surface area contributed by atoms with Crippen LogP contribution in [0.5, 0.6) is 0 Å². The Bertz CT molecular complexity index is 548. The van der Waals surface area contributed by atoms with Crippen LogP contribution in [-0.4, -0.2) is 39.1 Å². The molecular formula is C17H30N4OS. The molecule has 1 aromatic rings. The van der Waals surface area contributed by atoms with Crippen LogP contribution in [0.2, 0.25) is 0 Å². The average Bonchev–Trinajstić information content (AvgIpc) is 2.45. The van der Waals surface area contributed by atoms with Crippen molar-refractivity contribution >= 4 is 16.8 Å². The Morgan fingerprint density at radius 3 is 2.48 bits per heavy atom. The van der Waals surface area contributed by atoms with E-state index in [0.717, 1.165) is 24.6 Å². The standard InChI is InChI=1S/C17H30N4OS/c1-12-10-21(11-13(2)18-12)16-9-7-8-15(19-16)14(3)20-23(22)17(4,5)6/h7-9,12-14,18,20H,10-11H2,1-6H3/t12-,13+,14-,23?/m0/s1. The molecule has 23 heavy (non-hydrogen) atoms. The van der Waals surface area contributed by atoms with Crippen molar-refractivity contribution in [3.63, 3.8) is 0 Å². The lowest BCUT2D eigenvalue weighted by Gasteiger charge is -2.37. The molecule has 0 aliphatic carbocycles. The van der Waals surface area contributed by atoms with E-state index in [4.69, 9.17) is 4.98 Å². The summed E-state index contributed by atoms with van der Waals surface area (Å²) in [6.45, 7) is 14.2. The van der Waals surface area contributed by atoms with Gasteiger partial charge in [-0.2, -0.15) is 0 Å². The molecule has 1 aliphatic rings. The number of nitrogens with one attached hydrogen (secondary N) is 2. The summed E-state index contributed by atoms with van der Waals surface area (Å²) in [5.74, 6) is 0.998. The van der Waals surface area contributed by atoms with Crippen LogP contribution in [0.3, 0.4) is 0 Å². The average molecular weight is 339 g/mol. The van der Waals surface area contributed by atoms with E-state index in [9.17, 15) is 4.21 Å². The van der Waals surface area contributed by atoms with Crippen molar-refractivity contribution in [2.75, 3.05) is 18.0 Å². The number of hydrogen-bond acceptors (Lipinski definition) is 4. The molecule has 130 valence electrons. The lowest BCUT2D eigenvalue weighted by atomic mass is 10.1. The topological polar surface area (TPSA) is 57.3 Å². The molecule has 2 rings (SSSR count). The van der Waals surface area contributed by atoms with Crippen LogP contribution in [0.25, 0.3) is 0 Å². The maximum atomic E-state index is 12.3. The summed E-state index contributed by atoms with van der Waals surface area (Å²) in [6, 6.07) is 6.94. The summed E-state index contributed by atoms with van der Waals surface area (Å²) in [7, 11) is -1.10. The van der Waals surface area contributed by atoms with Crippen LogP contribution >= 0.6 is 0 Å². The zero-order valence-electron chi connectivity index (χ0n) is 15.1. The Hall–Kier alpha value is -0.980. The predicted octanol–water partition coefficient (Wildman–Crippen LogP) is 2.38. The number of anilines is 1. The summed E-state index contributed by atoms with van der Waals surface area (Å²) in [4.78, 5) is 7.12. The van der Waals surface area contributed by atoms with Crippen molar-refractivity contribution in [3.05, 3.63) is 23.9 Å². The maximum absolute atomic E-state index is 12.3. The van der Waals surface area contributed by atoms with Crippen LogP contribution < -0.4 is 14.9 Å². The number of pyridine rings is 1. The fourth-order valence-electron chi connectivity index (χ4n) is 2.77. The second kappa shape index (κ2) is 7.28. The summed E-state index contributed by atoms with van der Waals surface area (Å²) in [5.41, 5.74) is 0.930. The van der Waals surface area contributed by atoms with E-state index in [0.29, 0.717) is 12.1 Å². The molecule has 1 aromatic heterocycles. The van der Waals surface area contributed by atoms with E-state index in [-0.39, 0.29) is 10.8 Å². The largest absolute Gasteiger partial charge is 0.354 e. The normalized spacial score (nSPS) is 25.2. The molecular weight excluding hydrogens is 308 g/mol. The van der Waals surface area contributed by atoms with Crippen molar-refractivity contribution in [2.45, 2.75) is 64.4 Å². The molecule has 0 bridgehead atoms. The van der Waals surface area contributed by atoms with Gasteiger partial charge in [-0.1, -0.05) is 6.07 Å². The Labute approximate surface area is 142 Å². The van der Waals surface area contributed by atoms with Gasteiger partial charge in [0.15, 0.2) is 0 Å². The van der Waals surface area contributed by atoms with Gasteiger partial charge in [0.1, 0.15) is 5.82 Å². The van der Waals surface area contributed by atoms with Crippen LogP contribution in [0, 0.1) is 0 Å². The van der Waals surface area contributed by atoms with Crippen molar-refractivity contribution in [3.8, 4) is 0 Å². The summed E-state index contributed by atoms with van der Waals surface area (Å²) in [6.07, 6.45) is 0. The van der Waals surface area contributed by atoms with Crippen molar-refractivity contribution in [1.29, 1.82) is 0 Å². The smallest absolute Gasteiger partial charge is 0.128 e. The van der Waals surface area contributed by atoms with Gasteiger partial charge >= 0.3 is 0 Å². The predicted molar refractivity (Wildman–Crippen MR) is 98.0 cm³/mol. The molecule has 5 nitrogen and oxygen atoms in total. The molecule has 1 fully saturated rings. The SMILES string of the molecule is C[C@@H]1CN(c2cccc([C@H](C)NS(=O)C(C)(C)C)n2)C[C@H](C)N1. The summed E-state index contributed by atoms with van der Waals surface area (Å²) in [5, 5.41) is 3.54. The molecule has 2 N–H and O–H groups in total. The van der Waals surface area contributed by atoms with Crippen molar-refractivity contribution in [1.82, 2.24) is 15.0 Å². The third kappa shape index (κ3) is 4.99. The Kier molecular flexibility index (Phi) is 5.81. The summed E-state index contributed by atoms with van der Waals surface area (Å²) >= 11 is 0. The molecule has 4 atom stereocenters. The molecule has 6 heteroatoms. The quantitative estimate of drug-likeness (QED) is 0.885. The van der Waals surface area contributed by atoms with E-state index >= 15 is 0 Å². The van der Waals surface area contributed by atoms with Gasteiger partial charge in [-0.05, 0) is 53.7 Å². The first-order valence-electron chi connectivity index (χ1n) is 8.33. The zero-order valence-corrected chi connectivity index (χ0v) is 15.9. The van der Waals surface area contributed by atoms with E-state index in [1.54, 1.807) is 0 Å². The highest BCUT2D eigenvalue weighted by atomic mass is 32.2. The van der Waals surface area contributed by atoms with E-state index in [1.165, 1.54) is 0 Å². The Morgan fingerprint density at radius 1 is 1.30 bits per heavy atom.